The van der Waals surface area contributed by atoms with Crippen molar-refractivity contribution in [3.63, 3.8) is 0 Å². The first-order valence-corrected chi connectivity index (χ1v) is 8.83. The van der Waals surface area contributed by atoms with Gasteiger partial charge in [0.2, 0.25) is 11.8 Å². The van der Waals surface area contributed by atoms with Crippen molar-refractivity contribution in [2.45, 2.75) is 33.7 Å². The molecule has 0 saturated carbocycles. The van der Waals surface area contributed by atoms with Gasteiger partial charge in [0.05, 0.1) is 12.8 Å². The number of anilines is 1. The van der Waals surface area contributed by atoms with Gasteiger partial charge in [0.25, 0.3) is 0 Å². The van der Waals surface area contributed by atoms with Crippen LogP contribution in [0.4, 0.5) is 5.13 Å². The minimum Gasteiger partial charge on any atom is -0.497 e. The normalized spacial score (nSPS) is 11.9. The fraction of sp³-hybridized carbons (Fsp3) is 0.389. The highest BCUT2D eigenvalue weighted by molar-refractivity contribution is 7.16. The first kappa shape index (κ1) is 18.9. The van der Waals surface area contributed by atoms with Crippen LogP contribution >= 0.6 is 11.3 Å². The van der Waals surface area contributed by atoms with Gasteiger partial charge in [-0.2, -0.15) is 0 Å². The molecule has 1 aromatic heterocycles. The van der Waals surface area contributed by atoms with Gasteiger partial charge in [-0.3, -0.25) is 9.59 Å². The Labute approximate surface area is 151 Å². The molecule has 0 aliphatic carbocycles. The number of ether oxygens (including phenoxy) is 1. The zero-order chi connectivity index (χ0) is 18.6. The summed E-state index contributed by atoms with van der Waals surface area (Å²) in [7, 11) is 1.62. The molecule has 1 atom stereocenters. The quantitative estimate of drug-likeness (QED) is 0.828. The van der Waals surface area contributed by atoms with E-state index in [4.69, 9.17) is 4.74 Å². The zero-order valence-corrected chi connectivity index (χ0v) is 15.9. The van der Waals surface area contributed by atoms with Crippen LogP contribution in [0.25, 0.3) is 11.3 Å². The van der Waals surface area contributed by atoms with Crippen molar-refractivity contribution in [3.05, 3.63) is 29.1 Å². The molecule has 1 aromatic carbocycles. The monoisotopic (exact) mass is 361 g/mol. The Kier molecular flexibility index (Phi) is 6.14. The molecule has 0 spiro atoms. The summed E-state index contributed by atoms with van der Waals surface area (Å²) in [6, 6.07) is 7.02. The summed E-state index contributed by atoms with van der Waals surface area (Å²) in [4.78, 5) is 29.3. The molecule has 134 valence electrons. The van der Waals surface area contributed by atoms with Crippen molar-refractivity contribution in [2.75, 3.05) is 12.4 Å². The van der Waals surface area contributed by atoms with Crippen LogP contribution in [0.2, 0.25) is 0 Å². The van der Waals surface area contributed by atoms with Crippen LogP contribution < -0.4 is 15.4 Å². The SMILES string of the molecule is COc1ccc(-c2nc(NC(=O)[C@H](NC(C)=O)C(C)C)sc2C)cc1. The van der Waals surface area contributed by atoms with Crippen LogP contribution in [0.5, 0.6) is 5.75 Å². The van der Waals surface area contributed by atoms with Crippen molar-refractivity contribution in [3.8, 4) is 17.0 Å². The molecule has 2 N–H and O–H groups in total. The van der Waals surface area contributed by atoms with E-state index in [0.717, 1.165) is 21.9 Å². The molecule has 2 aromatic rings. The molecule has 0 aliphatic rings. The Morgan fingerprint density at radius 2 is 1.84 bits per heavy atom. The number of aryl methyl sites for hydroxylation is 1. The molecule has 0 unspecified atom stereocenters. The predicted molar refractivity (Wildman–Crippen MR) is 99.9 cm³/mol. The van der Waals surface area contributed by atoms with Gasteiger partial charge < -0.3 is 15.4 Å². The topological polar surface area (TPSA) is 80.3 Å². The molecule has 0 bridgehead atoms. The van der Waals surface area contributed by atoms with Gasteiger partial charge in [-0.15, -0.1) is 11.3 Å². The number of aromatic nitrogens is 1. The number of nitrogens with one attached hydrogen (secondary N) is 2. The number of carbonyl (C=O) groups is 2. The summed E-state index contributed by atoms with van der Waals surface area (Å²) >= 11 is 1.41. The third kappa shape index (κ3) is 4.79. The number of rotatable bonds is 6. The lowest BCUT2D eigenvalue weighted by Gasteiger charge is -2.20. The third-order valence-corrected chi connectivity index (χ3v) is 4.58. The van der Waals surface area contributed by atoms with Crippen LogP contribution in [0.1, 0.15) is 25.6 Å². The van der Waals surface area contributed by atoms with E-state index < -0.39 is 6.04 Å². The van der Waals surface area contributed by atoms with Gasteiger partial charge >= 0.3 is 0 Å². The molecule has 1 heterocycles. The molecule has 2 rings (SSSR count). The summed E-state index contributed by atoms with van der Waals surface area (Å²) in [5, 5.41) is 6.01. The Hall–Kier alpha value is -2.41. The largest absolute Gasteiger partial charge is 0.497 e. The zero-order valence-electron chi connectivity index (χ0n) is 15.0. The van der Waals surface area contributed by atoms with E-state index in [9.17, 15) is 9.59 Å². The van der Waals surface area contributed by atoms with E-state index in [1.54, 1.807) is 7.11 Å². The van der Waals surface area contributed by atoms with Crippen LogP contribution in [0, 0.1) is 12.8 Å². The molecule has 0 fully saturated rings. The van der Waals surface area contributed by atoms with E-state index in [0.29, 0.717) is 5.13 Å². The van der Waals surface area contributed by atoms with Gasteiger partial charge in [-0.05, 0) is 37.1 Å². The molecule has 0 radical (unpaired) electrons. The predicted octanol–water partition coefficient (Wildman–Crippen LogP) is 3.23. The van der Waals surface area contributed by atoms with Crippen molar-refractivity contribution < 1.29 is 14.3 Å². The summed E-state index contributed by atoms with van der Waals surface area (Å²) in [5.41, 5.74) is 1.78. The average Bonchev–Trinajstić information content (AvgIpc) is 2.92. The van der Waals surface area contributed by atoms with E-state index in [1.165, 1.54) is 18.3 Å². The Morgan fingerprint density at radius 1 is 1.20 bits per heavy atom. The van der Waals surface area contributed by atoms with Gasteiger partial charge in [-0.1, -0.05) is 13.8 Å². The second-order valence-corrected chi connectivity index (χ2v) is 7.27. The van der Waals surface area contributed by atoms with Gasteiger partial charge in [0.1, 0.15) is 11.8 Å². The third-order valence-electron chi connectivity index (χ3n) is 3.70. The van der Waals surface area contributed by atoms with Crippen LogP contribution in [-0.4, -0.2) is 29.9 Å². The highest BCUT2D eigenvalue weighted by atomic mass is 32.1. The molecule has 2 amide bonds. The number of hydrogen-bond donors (Lipinski definition) is 2. The maximum atomic E-state index is 12.5. The first-order chi connectivity index (χ1) is 11.8. The summed E-state index contributed by atoms with van der Waals surface area (Å²) in [6.07, 6.45) is 0. The average molecular weight is 361 g/mol. The van der Waals surface area contributed by atoms with E-state index in [-0.39, 0.29) is 17.7 Å². The van der Waals surface area contributed by atoms with Crippen LogP contribution in [-0.2, 0) is 9.59 Å². The molecule has 0 saturated heterocycles. The van der Waals surface area contributed by atoms with Crippen molar-refractivity contribution in [1.82, 2.24) is 10.3 Å². The first-order valence-electron chi connectivity index (χ1n) is 8.01. The molecule has 6 nitrogen and oxygen atoms in total. The van der Waals surface area contributed by atoms with Crippen molar-refractivity contribution >= 4 is 28.3 Å². The van der Waals surface area contributed by atoms with Crippen molar-refractivity contribution in [1.29, 1.82) is 0 Å². The molecular formula is C18H23N3O3S. The number of hydrogen-bond acceptors (Lipinski definition) is 5. The standard InChI is InChI=1S/C18H23N3O3S/c1-10(2)15(19-12(4)22)17(23)21-18-20-16(11(3)25-18)13-6-8-14(24-5)9-7-13/h6-10,15H,1-5H3,(H,19,22)(H,20,21,23)/t15-/m1/s1. The lowest BCUT2D eigenvalue weighted by atomic mass is 10.0. The van der Waals surface area contributed by atoms with Crippen molar-refractivity contribution in [2.24, 2.45) is 5.92 Å². The fourth-order valence-electron chi connectivity index (χ4n) is 2.40. The minimum absolute atomic E-state index is 0.0222. The number of thiazole rings is 1. The number of benzene rings is 1. The number of amides is 2. The van der Waals surface area contributed by atoms with Gasteiger partial charge in [0, 0.05) is 17.4 Å². The Balaban J connectivity index is 2.18. The smallest absolute Gasteiger partial charge is 0.248 e. The molecule has 0 aliphatic heterocycles. The van der Waals surface area contributed by atoms with E-state index >= 15 is 0 Å². The Morgan fingerprint density at radius 3 is 2.36 bits per heavy atom. The van der Waals surface area contributed by atoms with Crippen LogP contribution in [0.3, 0.4) is 0 Å². The lowest BCUT2D eigenvalue weighted by Crippen LogP contribution is -2.46. The van der Waals surface area contributed by atoms with E-state index in [1.807, 2.05) is 45.0 Å². The summed E-state index contributed by atoms with van der Waals surface area (Å²) in [6.45, 7) is 7.13. The molecular weight excluding hydrogens is 338 g/mol. The maximum absolute atomic E-state index is 12.5. The molecule has 25 heavy (non-hydrogen) atoms. The Bertz CT molecular complexity index is 753. The molecule has 7 heteroatoms. The second kappa shape index (κ2) is 8.11. The fourth-order valence-corrected chi connectivity index (χ4v) is 3.24. The van der Waals surface area contributed by atoms with E-state index in [2.05, 4.69) is 15.6 Å². The number of methoxy groups -OCH3 is 1. The highest BCUT2D eigenvalue weighted by Crippen LogP contribution is 2.31. The van der Waals surface area contributed by atoms with Gasteiger partial charge in [0.15, 0.2) is 5.13 Å². The second-order valence-electron chi connectivity index (χ2n) is 6.06. The van der Waals surface area contributed by atoms with Gasteiger partial charge in [-0.25, -0.2) is 4.98 Å². The minimum atomic E-state index is -0.592. The highest BCUT2D eigenvalue weighted by Gasteiger charge is 2.24. The van der Waals surface area contributed by atoms with Crippen LogP contribution in [0.15, 0.2) is 24.3 Å². The summed E-state index contributed by atoms with van der Waals surface area (Å²) < 4.78 is 5.16. The maximum Gasteiger partial charge on any atom is 0.248 e. The summed E-state index contributed by atoms with van der Waals surface area (Å²) in [5.74, 6) is 0.259. The number of nitrogens with zero attached hydrogens (tertiary/aromatic N) is 1. The lowest BCUT2D eigenvalue weighted by molar-refractivity contribution is -0.126. The number of carbonyl (C=O) groups excluding carboxylic acids is 2.